The molecule has 0 saturated heterocycles. The molecule has 0 fully saturated rings. The van der Waals surface area contributed by atoms with Crippen molar-refractivity contribution in [3.8, 4) is 0 Å². The largest absolute Gasteiger partial charge is 0.388 e. The average Bonchev–Trinajstić information content (AvgIpc) is 2.32. The van der Waals surface area contributed by atoms with E-state index < -0.39 is 0 Å². The van der Waals surface area contributed by atoms with Crippen LogP contribution in [0.2, 0.25) is 0 Å². The lowest BCUT2D eigenvalue weighted by molar-refractivity contribution is 1.48. The van der Waals surface area contributed by atoms with Crippen LogP contribution in [-0.2, 0) is 0 Å². The first-order valence-electron chi connectivity index (χ1n) is 5.09. The molecule has 0 aliphatic heterocycles. The van der Waals surface area contributed by atoms with Crippen molar-refractivity contribution in [1.82, 2.24) is 0 Å². The van der Waals surface area contributed by atoms with Crippen molar-refractivity contribution >= 4 is 33.0 Å². The van der Waals surface area contributed by atoms with Crippen molar-refractivity contribution in [2.75, 3.05) is 17.7 Å². The maximum atomic E-state index is 3.51. The molecule has 2 nitrogen and oxygen atoms in total. The molecular weight excluding hydrogens is 264 g/mol. The van der Waals surface area contributed by atoms with Crippen LogP contribution in [0.1, 0.15) is 0 Å². The molecule has 3 heteroatoms. The highest BCUT2D eigenvalue weighted by atomic mass is 79.9. The maximum Gasteiger partial charge on any atom is 0.0528 e. The summed E-state index contributed by atoms with van der Waals surface area (Å²) in [5, 5.41) is 6.48. The standard InChI is InChI=1S/C13H13BrN2/c1-15-10-5-4-6-11(9-10)16-13-8-3-2-7-12(13)14/h2-9,15-16H,1H3. The van der Waals surface area contributed by atoms with Crippen molar-refractivity contribution in [3.63, 3.8) is 0 Å². The minimum Gasteiger partial charge on any atom is -0.388 e. The Morgan fingerprint density at radius 3 is 2.44 bits per heavy atom. The zero-order valence-electron chi connectivity index (χ0n) is 9.00. The second-order valence-electron chi connectivity index (χ2n) is 3.44. The molecule has 0 heterocycles. The molecule has 2 N–H and O–H groups in total. The van der Waals surface area contributed by atoms with Crippen LogP contribution < -0.4 is 10.6 Å². The molecule has 0 aliphatic rings. The molecule has 0 bridgehead atoms. The fourth-order valence-electron chi connectivity index (χ4n) is 1.47. The predicted molar refractivity (Wildman–Crippen MR) is 73.4 cm³/mol. The fraction of sp³-hybridized carbons (Fsp3) is 0.0769. The van der Waals surface area contributed by atoms with Crippen LogP contribution in [0.25, 0.3) is 0 Å². The second kappa shape index (κ2) is 5.03. The molecule has 0 spiro atoms. The van der Waals surface area contributed by atoms with Crippen molar-refractivity contribution in [1.29, 1.82) is 0 Å². The highest BCUT2D eigenvalue weighted by Gasteiger charge is 1.99. The zero-order chi connectivity index (χ0) is 11.4. The first kappa shape index (κ1) is 11.0. The smallest absolute Gasteiger partial charge is 0.0528 e. The Morgan fingerprint density at radius 2 is 1.69 bits per heavy atom. The number of para-hydroxylation sites is 1. The van der Waals surface area contributed by atoms with E-state index in [-0.39, 0.29) is 0 Å². The van der Waals surface area contributed by atoms with Gasteiger partial charge in [-0.2, -0.15) is 0 Å². The lowest BCUT2D eigenvalue weighted by atomic mass is 10.2. The first-order chi connectivity index (χ1) is 7.79. The molecule has 2 aromatic carbocycles. The molecule has 0 aromatic heterocycles. The molecule has 0 saturated carbocycles. The number of anilines is 3. The average molecular weight is 277 g/mol. The van der Waals surface area contributed by atoms with Crippen LogP contribution >= 0.6 is 15.9 Å². The van der Waals surface area contributed by atoms with Gasteiger partial charge in [0.25, 0.3) is 0 Å². The molecule has 16 heavy (non-hydrogen) atoms. The van der Waals surface area contributed by atoms with E-state index >= 15 is 0 Å². The van der Waals surface area contributed by atoms with Gasteiger partial charge in [-0.1, -0.05) is 18.2 Å². The predicted octanol–water partition coefficient (Wildman–Crippen LogP) is 4.23. The van der Waals surface area contributed by atoms with Gasteiger partial charge < -0.3 is 10.6 Å². The van der Waals surface area contributed by atoms with Crippen LogP contribution in [0.3, 0.4) is 0 Å². The van der Waals surface area contributed by atoms with Gasteiger partial charge in [0.1, 0.15) is 0 Å². The van der Waals surface area contributed by atoms with Gasteiger partial charge >= 0.3 is 0 Å². The molecule has 0 atom stereocenters. The van der Waals surface area contributed by atoms with Gasteiger partial charge in [0.2, 0.25) is 0 Å². The summed E-state index contributed by atoms with van der Waals surface area (Å²) in [5.41, 5.74) is 3.23. The molecule has 82 valence electrons. The third-order valence-electron chi connectivity index (χ3n) is 2.30. The first-order valence-corrected chi connectivity index (χ1v) is 5.88. The van der Waals surface area contributed by atoms with Gasteiger partial charge in [-0.15, -0.1) is 0 Å². The Hall–Kier alpha value is -1.48. The van der Waals surface area contributed by atoms with Crippen LogP contribution in [0.5, 0.6) is 0 Å². The Balaban J connectivity index is 2.24. The number of benzene rings is 2. The summed E-state index contributed by atoms with van der Waals surface area (Å²) in [5.74, 6) is 0. The summed E-state index contributed by atoms with van der Waals surface area (Å²) >= 11 is 3.51. The number of nitrogens with one attached hydrogen (secondary N) is 2. The van der Waals surface area contributed by atoms with Crippen LogP contribution in [-0.4, -0.2) is 7.05 Å². The van der Waals surface area contributed by atoms with Gasteiger partial charge in [0, 0.05) is 22.9 Å². The Bertz CT molecular complexity index is 483. The van der Waals surface area contributed by atoms with Gasteiger partial charge in [-0.3, -0.25) is 0 Å². The molecule has 0 radical (unpaired) electrons. The Morgan fingerprint density at radius 1 is 0.938 bits per heavy atom. The molecule has 0 amide bonds. The van der Waals surface area contributed by atoms with E-state index in [0.29, 0.717) is 0 Å². The van der Waals surface area contributed by atoms with Crippen LogP contribution in [0.15, 0.2) is 53.0 Å². The van der Waals surface area contributed by atoms with Gasteiger partial charge in [0.15, 0.2) is 0 Å². The topological polar surface area (TPSA) is 24.1 Å². The van der Waals surface area contributed by atoms with E-state index in [1.165, 1.54) is 0 Å². The highest BCUT2D eigenvalue weighted by Crippen LogP contribution is 2.26. The summed E-state index contributed by atoms with van der Waals surface area (Å²) in [6.07, 6.45) is 0. The maximum absolute atomic E-state index is 3.51. The molecule has 2 rings (SSSR count). The Kier molecular flexibility index (Phi) is 3.47. The molecule has 2 aromatic rings. The Labute approximate surface area is 104 Å². The van der Waals surface area contributed by atoms with Gasteiger partial charge in [-0.05, 0) is 46.3 Å². The van der Waals surface area contributed by atoms with Gasteiger partial charge in [-0.25, -0.2) is 0 Å². The highest BCUT2D eigenvalue weighted by molar-refractivity contribution is 9.10. The molecular formula is C13H13BrN2. The minimum absolute atomic E-state index is 1.06. The summed E-state index contributed by atoms with van der Waals surface area (Å²) in [4.78, 5) is 0. The van der Waals surface area contributed by atoms with Crippen molar-refractivity contribution < 1.29 is 0 Å². The monoisotopic (exact) mass is 276 g/mol. The lowest BCUT2D eigenvalue weighted by Gasteiger charge is -2.09. The minimum atomic E-state index is 1.06. The normalized spacial score (nSPS) is 9.88. The number of halogens is 1. The summed E-state index contributed by atoms with van der Waals surface area (Å²) in [7, 11) is 1.91. The molecule has 0 aliphatic carbocycles. The third-order valence-corrected chi connectivity index (χ3v) is 3.00. The number of hydrogen-bond acceptors (Lipinski definition) is 2. The zero-order valence-corrected chi connectivity index (χ0v) is 10.6. The third kappa shape index (κ3) is 2.55. The summed E-state index contributed by atoms with van der Waals surface area (Å²) in [6.45, 7) is 0. The van der Waals surface area contributed by atoms with Crippen molar-refractivity contribution in [2.45, 2.75) is 0 Å². The number of rotatable bonds is 3. The van der Waals surface area contributed by atoms with E-state index in [1.807, 2.05) is 49.5 Å². The lowest BCUT2D eigenvalue weighted by Crippen LogP contribution is -1.93. The fourth-order valence-corrected chi connectivity index (χ4v) is 1.85. The van der Waals surface area contributed by atoms with Crippen molar-refractivity contribution in [3.05, 3.63) is 53.0 Å². The van der Waals surface area contributed by atoms with E-state index in [0.717, 1.165) is 21.5 Å². The van der Waals surface area contributed by atoms with Crippen molar-refractivity contribution in [2.24, 2.45) is 0 Å². The summed E-state index contributed by atoms with van der Waals surface area (Å²) < 4.78 is 1.06. The van der Waals surface area contributed by atoms with E-state index in [9.17, 15) is 0 Å². The van der Waals surface area contributed by atoms with Gasteiger partial charge in [0.05, 0.1) is 5.69 Å². The quantitative estimate of drug-likeness (QED) is 0.877. The van der Waals surface area contributed by atoms with E-state index in [4.69, 9.17) is 0 Å². The van der Waals surface area contributed by atoms with Crippen LogP contribution in [0, 0.1) is 0 Å². The SMILES string of the molecule is CNc1cccc(Nc2ccccc2Br)c1. The number of hydrogen-bond donors (Lipinski definition) is 2. The summed E-state index contributed by atoms with van der Waals surface area (Å²) in [6, 6.07) is 16.2. The van der Waals surface area contributed by atoms with E-state index in [1.54, 1.807) is 0 Å². The molecule has 0 unspecified atom stereocenters. The second-order valence-corrected chi connectivity index (χ2v) is 4.29. The van der Waals surface area contributed by atoms with Crippen LogP contribution in [0.4, 0.5) is 17.1 Å². The van der Waals surface area contributed by atoms with E-state index in [2.05, 4.69) is 32.6 Å².